The number of aliphatic hydroxyl groups excluding tert-OH is 1. The third-order valence-corrected chi connectivity index (χ3v) is 3.57. The van der Waals surface area contributed by atoms with E-state index in [4.69, 9.17) is 25.8 Å². The molecule has 0 aliphatic carbocycles. The summed E-state index contributed by atoms with van der Waals surface area (Å²) in [5.41, 5.74) is 0.954. The SMILES string of the molecule is Cc1cccc(Cl)c1OC[C@H](O)COC1CCOCC1. The lowest BCUT2D eigenvalue weighted by molar-refractivity contribution is -0.0659. The molecule has 1 heterocycles. The minimum atomic E-state index is -0.659. The highest BCUT2D eigenvalue weighted by Crippen LogP contribution is 2.27. The molecule has 1 aliphatic heterocycles. The molecule has 112 valence electrons. The molecule has 1 aliphatic rings. The van der Waals surface area contributed by atoms with E-state index in [0.29, 0.717) is 10.8 Å². The second-order valence-electron chi connectivity index (χ2n) is 5.00. The molecule has 0 spiro atoms. The minimum Gasteiger partial charge on any atom is -0.489 e. The molecule has 2 rings (SSSR count). The van der Waals surface area contributed by atoms with Crippen molar-refractivity contribution in [3.05, 3.63) is 28.8 Å². The Morgan fingerprint density at radius 3 is 2.80 bits per heavy atom. The molecule has 1 aromatic carbocycles. The van der Waals surface area contributed by atoms with Crippen molar-refractivity contribution in [3.63, 3.8) is 0 Å². The van der Waals surface area contributed by atoms with E-state index in [2.05, 4.69) is 0 Å². The minimum absolute atomic E-state index is 0.174. The van der Waals surface area contributed by atoms with Crippen molar-refractivity contribution in [1.82, 2.24) is 0 Å². The Hall–Kier alpha value is -0.810. The summed E-state index contributed by atoms with van der Waals surface area (Å²) in [5.74, 6) is 0.624. The quantitative estimate of drug-likeness (QED) is 0.877. The molecule has 0 saturated carbocycles. The van der Waals surface area contributed by atoms with Crippen molar-refractivity contribution in [2.75, 3.05) is 26.4 Å². The first-order valence-corrected chi connectivity index (χ1v) is 7.30. The number of hydrogen-bond acceptors (Lipinski definition) is 4. The summed E-state index contributed by atoms with van der Waals surface area (Å²) in [6.07, 6.45) is 1.29. The number of ether oxygens (including phenoxy) is 3. The van der Waals surface area contributed by atoms with Crippen molar-refractivity contribution >= 4 is 11.6 Å². The van der Waals surface area contributed by atoms with Crippen LogP contribution < -0.4 is 4.74 Å². The molecular formula is C15H21ClO4. The lowest BCUT2D eigenvalue weighted by Crippen LogP contribution is -2.30. The van der Waals surface area contributed by atoms with E-state index < -0.39 is 6.10 Å². The third-order valence-electron chi connectivity index (χ3n) is 3.28. The molecular weight excluding hydrogens is 280 g/mol. The Morgan fingerprint density at radius 1 is 1.35 bits per heavy atom. The maximum absolute atomic E-state index is 9.90. The van der Waals surface area contributed by atoms with Crippen LogP contribution in [-0.4, -0.2) is 43.7 Å². The Labute approximate surface area is 124 Å². The fourth-order valence-corrected chi connectivity index (χ4v) is 2.39. The summed E-state index contributed by atoms with van der Waals surface area (Å²) in [7, 11) is 0. The van der Waals surface area contributed by atoms with Crippen LogP contribution >= 0.6 is 11.6 Å². The van der Waals surface area contributed by atoms with Crippen molar-refractivity contribution in [2.45, 2.75) is 32.0 Å². The van der Waals surface area contributed by atoms with Crippen LogP contribution in [0, 0.1) is 6.92 Å². The van der Waals surface area contributed by atoms with Gasteiger partial charge in [0.05, 0.1) is 17.7 Å². The van der Waals surface area contributed by atoms with E-state index in [-0.39, 0.29) is 19.3 Å². The maximum Gasteiger partial charge on any atom is 0.140 e. The smallest absolute Gasteiger partial charge is 0.140 e. The zero-order chi connectivity index (χ0) is 14.4. The summed E-state index contributed by atoms with van der Waals surface area (Å²) in [6.45, 7) is 3.83. The topological polar surface area (TPSA) is 47.9 Å². The molecule has 20 heavy (non-hydrogen) atoms. The van der Waals surface area contributed by atoms with Crippen LogP contribution in [0.4, 0.5) is 0 Å². The second kappa shape index (κ2) is 7.84. The summed E-state index contributed by atoms with van der Waals surface area (Å²) in [5, 5.41) is 10.5. The van der Waals surface area contributed by atoms with Crippen LogP contribution in [0.15, 0.2) is 18.2 Å². The summed E-state index contributed by atoms with van der Waals surface area (Å²) < 4.78 is 16.5. The van der Waals surface area contributed by atoms with Gasteiger partial charge in [-0.3, -0.25) is 0 Å². The van der Waals surface area contributed by atoms with Crippen LogP contribution in [0.1, 0.15) is 18.4 Å². The zero-order valence-electron chi connectivity index (χ0n) is 11.7. The number of halogens is 1. The standard InChI is InChI=1S/C15H21ClO4/c1-11-3-2-4-14(16)15(11)20-10-12(17)9-19-13-5-7-18-8-6-13/h2-4,12-13,17H,5-10H2,1H3/t12-/m1/s1. The number of benzene rings is 1. The van der Waals surface area contributed by atoms with Crippen LogP contribution in [0.5, 0.6) is 5.75 Å². The van der Waals surface area contributed by atoms with E-state index in [1.807, 2.05) is 19.1 Å². The molecule has 0 radical (unpaired) electrons. The van der Waals surface area contributed by atoms with Crippen molar-refractivity contribution in [3.8, 4) is 5.75 Å². The molecule has 1 N–H and O–H groups in total. The van der Waals surface area contributed by atoms with Gasteiger partial charge in [-0.25, -0.2) is 0 Å². The number of aliphatic hydroxyl groups is 1. The van der Waals surface area contributed by atoms with E-state index in [1.54, 1.807) is 6.07 Å². The Morgan fingerprint density at radius 2 is 2.10 bits per heavy atom. The molecule has 0 amide bonds. The van der Waals surface area contributed by atoms with Crippen molar-refractivity contribution in [2.24, 2.45) is 0 Å². The lowest BCUT2D eigenvalue weighted by Gasteiger charge is -2.24. The van der Waals surface area contributed by atoms with Gasteiger partial charge in [0.1, 0.15) is 18.5 Å². The third kappa shape index (κ3) is 4.63. The normalized spacial score (nSPS) is 17.9. The van der Waals surface area contributed by atoms with E-state index in [0.717, 1.165) is 31.6 Å². The monoisotopic (exact) mass is 300 g/mol. The highest BCUT2D eigenvalue weighted by Gasteiger charge is 2.16. The van der Waals surface area contributed by atoms with Gasteiger partial charge in [0.2, 0.25) is 0 Å². The van der Waals surface area contributed by atoms with Gasteiger partial charge in [-0.05, 0) is 31.4 Å². The van der Waals surface area contributed by atoms with E-state index in [9.17, 15) is 5.11 Å². The Balaban J connectivity index is 1.73. The molecule has 4 nitrogen and oxygen atoms in total. The molecule has 1 aromatic rings. The fourth-order valence-electron chi connectivity index (χ4n) is 2.12. The first-order chi connectivity index (χ1) is 9.66. The predicted octanol–water partition coefficient (Wildman–Crippen LogP) is 2.58. The van der Waals surface area contributed by atoms with Crippen LogP contribution in [-0.2, 0) is 9.47 Å². The van der Waals surface area contributed by atoms with E-state index >= 15 is 0 Å². The number of aryl methyl sites for hydroxylation is 1. The van der Waals surface area contributed by atoms with E-state index in [1.165, 1.54) is 0 Å². The van der Waals surface area contributed by atoms with Gasteiger partial charge < -0.3 is 19.3 Å². The second-order valence-corrected chi connectivity index (χ2v) is 5.40. The Bertz CT molecular complexity index is 398. The molecule has 5 heteroatoms. The van der Waals surface area contributed by atoms with Crippen molar-refractivity contribution in [1.29, 1.82) is 0 Å². The summed E-state index contributed by atoms with van der Waals surface area (Å²) in [4.78, 5) is 0. The molecule has 1 saturated heterocycles. The summed E-state index contributed by atoms with van der Waals surface area (Å²) >= 11 is 6.06. The van der Waals surface area contributed by atoms with Gasteiger partial charge >= 0.3 is 0 Å². The predicted molar refractivity (Wildman–Crippen MR) is 77.5 cm³/mol. The number of rotatable bonds is 6. The first kappa shape index (κ1) is 15.6. The average Bonchev–Trinajstić information content (AvgIpc) is 2.46. The van der Waals surface area contributed by atoms with Crippen LogP contribution in [0.2, 0.25) is 5.02 Å². The van der Waals surface area contributed by atoms with Gasteiger partial charge in [0.15, 0.2) is 0 Å². The maximum atomic E-state index is 9.90. The number of hydrogen-bond donors (Lipinski definition) is 1. The van der Waals surface area contributed by atoms with Gasteiger partial charge in [-0.2, -0.15) is 0 Å². The van der Waals surface area contributed by atoms with Crippen LogP contribution in [0.3, 0.4) is 0 Å². The molecule has 1 atom stereocenters. The number of para-hydroxylation sites is 1. The van der Waals surface area contributed by atoms with Crippen LogP contribution in [0.25, 0.3) is 0 Å². The highest BCUT2D eigenvalue weighted by atomic mass is 35.5. The van der Waals surface area contributed by atoms with Gasteiger partial charge in [0, 0.05) is 13.2 Å². The highest BCUT2D eigenvalue weighted by molar-refractivity contribution is 6.32. The fraction of sp³-hybridized carbons (Fsp3) is 0.600. The average molecular weight is 301 g/mol. The Kier molecular flexibility index (Phi) is 6.10. The van der Waals surface area contributed by atoms with Gasteiger partial charge in [-0.1, -0.05) is 23.7 Å². The largest absolute Gasteiger partial charge is 0.489 e. The van der Waals surface area contributed by atoms with Gasteiger partial charge in [-0.15, -0.1) is 0 Å². The summed E-state index contributed by atoms with van der Waals surface area (Å²) in [6, 6.07) is 5.57. The van der Waals surface area contributed by atoms with Gasteiger partial charge in [0.25, 0.3) is 0 Å². The molecule has 0 unspecified atom stereocenters. The molecule has 1 fully saturated rings. The van der Waals surface area contributed by atoms with Crippen molar-refractivity contribution < 1.29 is 19.3 Å². The zero-order valence-corrected chi connectivity index (χ0v) is 12.4. The molecule has 0 bridgehead atoms. The first-order valence-electron chi connectivity index (χ1n) is 6.92. The lowest BCUT2D eigenvalue weighted by atomic mass is 10.1. The molecule has 0 aromatic heterocycles.